The topological polar surface area (TPSA) is 80.8 Å². The molecule has 3 heterocycles. The number of halogens is 3. The molecule has 0 aliphatic carbocycles. The van der Waals surface area contributed by atoms with Crippen molar-refractivity contribution in [3.63, 3.8) is 0 Å². The number of aromatic nitrogens is 1. The van der Waals surface area contributed by atoms with Crippen molar-refractivity contribution in [3.8, 4) is 0 Å². The third-order valence-electron chi connectivity index (χ3n) is 4.01. The van der Waals surface area contributed by atoms with Crippen LogP contribution in [-0.2, 0) is 6.18 Å². The molecule has 1 saturated heterocycles. The Hall–Kier alpha value is -2.69. The number of carbonyl (C=O) groups is 1. The summed E-state index contributed by atoms with van der Waals surface area (Å²) in [5, 5.41) is 10.6. The molecule has 1 amide bonds. The monoisotopic (exact) mass is 387 g/mol. The van der Waals surface area contributed by atoms with E-state index in [-0.39, 0.29) is 10.9 Å². The number of alkyl halides is 3. The number of nitrogens with one attached hydrogen (secondary N) is 1. The Labute approximate surface area is 149 Å². The van der Waals surface area contributed by atoms with Gasteiger partial charge in [0.2, 0.25) is 0 Å². The third-order valence-corrected chi connectivity index (χ3v) is 5.04. The molecule has 2 aromatic rings. The number of amides is 1. The Morgan fingerprint density at radius 3 is 2.35 bits per heavy atom. The van der Waals surface area contributed by atoms with Gasteiger partial charge in [-0.05, 0) is 12.1 Å². The lowest BCUT2D eigenvalue weighted by atomic mass is 10.2. The minimum atomic E-state index is -4.40. The molecule has 0 aromatic carbocycles. The molecule has 0 saturated carbocycles. The second-order valence-corrected chi connectivity index (χ2v) is 6.70. The fourth-order valence-electron chi connectivity index (χ4n) is 2.64. The minimum Gasteiger partial charge on any atom is -0.330 e. The zero-order valence-corrected chi connectivity index (χ0v) is 14.1. The molecule has 0 bridgehead atoms. The molecule has 138 valence electrons. The van der Waals surface area contributed by atoms with Gasteiger partial charge in [-0.15, -0.1) is 0 Å². The number of piperazine rings is 1. The molecular weight excluding hydrogens is 373 g/mol. The number of H-pyrrole nitrogens is 1. The SMILES string of the molecule is O=C(c1ccc([N+](=O)[O-])s1)N1CCN(c2ccc(C(F)(F)F)c[nH+]2)CC1. The molecule has 0 radical (unpaired) electrons. The Morgan fingerprint density at radius 1 is 1.15 bits per heavy atom. The Kier molecular flexibility index (Phi) is 4.81. The maximum absolute atomic E-state index is 12.6. The summed E-state index contributed by atoms with van der Waals surface area (Å²) in [7, 11) is 0. The average Bonchev–Trinajstić information content (AvgIpc) is 3.11. The van der Waals surface area contributed by atoms with Crippen LogP contribution >= 0.6 is 11.3 Å². The van der Waals surface area contributed by atoms with Gasteiger partial charge in [-0.1, -0.05) is 11.3 Å². The molecule has 0 spiro atoms. The Bertz CT molecular complexity index is 814. The van der Waals surface area contributed by atoms with E-state index in [1.807, 2.05) is 4.90 Å². The van der Waals surface area contributed by atoms with Gasteiger partial charge < -0.3 is 4.90 Å². The van der Waals surface area contributed by atoms with Gasteiger partial charge in [-0.25, -0.2) is 4.98 Å². The summed E-state index contributed by atoms with van der Waals surface area (Å²) >= 11 is 0.827. The van der Waals surface area contributed by atoms with Gasteiger partial charge in [0.15, 0.2) is 0 Å². The van der Waals surface area contributed by atoms with Gasteiger partial charge in [0.1, 0.15) is 19.3 Å². The van der Waals surface area contributed by atoms with E-state index in [0.717, 1.165) is 23.6 Å². The van der Waals surface area contributed by atoms with Crippen LogP contribution < -0.4 is 9.88 Å². The van der Waals surface area contributed by atoms with Crippen molar-refractivity contribution in [2.45, 2.75) is 6.18 Å². The molecule has 1 aliphatic rings. The molecule has 1 fully saturated rings. The number of nitrogens with zero attached hydrogens (tertiary/aromatic N) is 3. The van der Waals surface area contributed by atoms with Gasteiger partial charge in [0.25, 0.3) is 11.7 Å². The van der Waals surface area contributed by atoms with E-state index in [1.165, 1.54) is 18.2 Å². The molecule has 11 heteroatoms. The molecule has 0 unspecified atom stereocenters. The quantitative estimate of drug-likeness (QED) is 0.599. The van der Waals surface area contributed by atoms with Crippen molar-refractivity contribution >= 4 is 28.1 Å². The zero-order chi connectivity index (χ0) is 18.9. The zero-order valence-electron chi connectivity index (χ0n) is 13.3. The highest BCUT2D eigenvalue weighted by atomic mass is 32.1. The van der Waals surface area contributed by atoms with Crippen molar-refractivity contribution in [2.24, 2.45) is 0 Å². The van der Waals surface area contributed by atoms with Crippen LogP contribution in [0.4, 0.5) is 24.0 Å². The van der Waals surface area contributed by atoms with Crippen LogP contribution in [0, 0.1) is 10.1 Å². The van der Waals surface area contributed by atoms with E-state index < -0.39 is 16.7 Å². The van der Waals surface area contributed by atoms with Crippen molar-refractivity contribution in [1.29, 1.82) is 0 Å². The number of hydrogen-bond donors (Lipinski definition) is 0. The number of thiophene rings is 1. The van der Waals surface area contributed by atoms with Crippen LogP contribution in [-0.4, -0.2) is 41.9 Å². The molecule has 3 rings (SSSR count). The van der Waals surface area contributed by atoms with E-state index in [0.29, 0.717) is 36.9 Å². The average molecular weight is 387 g/mol. The first-order valence-electron chi connectivity index (χ1n) is 7.63. The lowest BCUT2D eigenvalue weighted by molar-refractivity contribution is -0.380. The fourth-order valence-corrected chi connectivity index (χ4v) is 3.43. The fraction of sp³-hybridized carbons (Fsp3) is 0.333. The highest BCUT2D eigenvalue weighted by molar-refractivity contribution is 7.17. The first-order valence-corrected chi connectivity index (χ1v) is 8.45. The molecule has 1 N–H and O–H groups in total. The van der Waals surface area contributed by atoms with Gasteiger partial charge in [0, 0.05) is 12.1 Å². The first-order chi connectivity index (χ1) is 12.3. The normalized spacial score (nSPS) is 15.2. The van der Waals surface area contributed by atoms with Gasteiger partial charge >= 0.3 is 11.2 Å². The summed E-state index contributed by atoms with van der Waals surface area (Å²) in [5.74, 6) is 0.260. The largest absolute Gasteiger partial charge is 0.419 e. The molecule has 0 atom stereocenters. The Balaban J connectivity index is 1.61. The van der Waals surface area contributed by atoms with Crippen LogP contribution in [0.15, 0.2) is 30.5 Å². The van der Waals surface area contributed by atoms with Crippen LogP contribution in [0.1, 0.15) is 15.2 Å². The van der Waals surface area contributed by atoms with E-state index in [1.54, 1.807) is 4.90 Å². The number of hydrogen-bond acceptors (Lipinski definition) is 5. The van der Waals surface area contributed by atoms with Crippen molar-refractivity contribution in [3.05, 3.63) is 51.0 Å². The van der Waals surface area contributed by atoms with Crippen LogP contribution in [0.5, 0.6) is 0 Å². The Morgan fingerprint density at radius 2 is 1.85 bits per heavy atom. The van der Waals surface area contributed by atoms with E-state index in [9.17, 15) is 28.1 Å². The van der Waals surface area contributed by atoms with Gasteiger partial charge in [0.05, 0.1) is 28.5 Å². The molecule has 1 aliphatic heterocycles. The van der Waals surface area contributed by atoms with Crippen molar-refractivity contribution < 1.29 is 27.9 Å². The number of nitro groups is 1. The van der Waals surface area contributed by atoms with Gasteiger partial charge in [-0.2, -0.15) is 13.2 Å². The maximum Gasteiger partial charge on any atom is 0.419 e. The standard InChI is InChI=1S/C15H13F3N4O3S/c16-15(17,18)10-1-3-12(19-9-10)20-5-7-21(8-6-20)14(23)11-2-4-13(26-11)22(24)25/h1-4,9H,5-8H2/p+1. The van der Waals surface area contributed by atoms with Gasteiger partial charge in [-0.3, -0.25) is 19.8 Å². The van der Waals surface area contributed by atoms with Crippen LogP contribution in [0.2, 0.25) is 0 Å². The first kappa shape index (κ1) is 18.1. The molecule has 2 aromatic heterocycles. The summed E-state index contributed by atoms with van der Waals surface area (Å²) in [5.41, 5.74) is -0.755. The summed E-state index contributed by atoms with van der Waals surface area (Å²) in [6.45, 7) is 1.64. The predicted octanol–water partition coefficient (Wildman–Crippen LogP) is 2.45. The highest BCUT2D eigenvalue weighted by Crippen LogP contribution is 2.29. The summed E-state index contributed by atoms with van der Waals surface area (Å²) in [6, 6.07) is 5.10. The number of aromatic amines is 1. The molecule has 26 heavy (non-hydrogen) atoms. The van der Waals surface area contributed by atoms with Crippen molar-refractivity contribution in [1.82, 2.24) is 4.90 Å². The lowest BCUT2D eigenvalue weighted by Gasteiger charge is -2.30. The summed E-state index contributed by atoms with van der Waals surface area (Å²) in [6.07, 6.45) is -3.49. The second kappa shape index (κ2) is 6.90. The predicted molar refractivity (Wildman–Crippen MR) is 87.1 cm³/mol. The van der Waals surface area contributed by atoms with Crippen molar-refractivity contribution in [2.75, 3.05) is 31.1 Å². The minimum absolute atomic E-state index is 0.0914. The number of anilines is 1. The van der Waals surface area contributed by atoms with E-state index in [4.69, 9.17) is 0 Å². The summed E-state index contributed by atoms with van der Waals surface area (Å²) < 4.78 is 37.8. The smallest absolute Gasteiger partial charge is 0.330 e. The number of pyridine rings is 1. The van der Waals surface area contributed by atoms with E-state index in [2.05, 4.69) is 4.98 Å². The second-order valence-electron chi connectivity index (χ2n) is 5.63. The third kappa shape index (κ3) is 3.77. The van der Waals surface area contributed by atoms with Crippen LogP contribution in [0.25, 0.3) is 0 Å². The van der Waals surface area contributed by atoms with Crippen LogP contribution in [0.3, 0.4) is 0 Å². The summed E-state index contributed by atoms with van der Waals surface area (Å²) in [4.78, 5) is 28.9. The lowest BCUT2D eigenvalue weighted by Crippen LogP contribution is -2.49. The van der Waals surface area contributed by atoms with E-state index >= 15 is 0 Å². The number of carbonyl (C=O) groups excluding carboxylic acids is 1. The highest BCUT2D eigenvalue weighted by Gasteiger charge is 2.33. The number of rotatable bonds is 3. The maximum atomic E-state index is 12.6. The molecular formula is C15H14F3N4O3S+. The molecule has 7 nitrogen and oxygen atoms in total.